The lowest BCUT2D eigenvalue weighted by atomic mass is 10.2. The molecule has 1 N–H and O–H groups in total. The maximum atomic E-state index is 13.1. The van der Waals surface area contributed by atoms with Crippen LogP contribution in [0.5, 0.6) is 0 Å². The first-order valence-corrected chi connectivity index (χ1v) is 9.62. The van der Waals surface area contributed by atoms with Crippen molar-refractivity contribution in [3.05, 3.63) is 82.7 Å². The Kier molecular flexibility index (Phi) is 5.04. The zero-order valence-electron chi connectivity index (χ0n) is 14.7. The number of hydrogen-bond donors (Lipinski definition) is 1. The molecule has 4 rings (SSSR count). The van der Waals surface area contributed by atoms with Crippen LogP contribution in [-0.4, -0.2) is 21.3 Å². The maximum Gasteiger partial charge on any atom is 0.335 e. The monoisotopic (exact) mass is 425 g/mol. The number of aromatic carboxylic acids is 1. The molecule has 1 saturated heterocycles. The zero-order valence-corrected chi connectivity index (χ0v) is 16.3. The highest BCUT2D eigenvalue weighted by molar-refractivity contribution is 8.27. The van der Waals surface area contributed by atoms with Crippen LogP contribution in [0.3, 0.4) is 0 Å². The smallest absolute Gasteiger partial charge is 0.335 e. The Bertz CT molecular complexity index is 1150. The maximum absolute atomic E-state index is 13.1. The first-order chi connectivity index (χ1) is 13.9. The summed E-state index contributed by atoms with van der Waals surface area (Å²) >= 11 is 6.45. The number of hydrogen-bond acceptors (Lipinski definition) is 5. The summed E-state index contributed by atoms with van der Waals surface area (Å²) in [4.78, 5) is 25.5. The molecule has 2 aromatic carbocycles. The molecule has 0 unspecified atom stereocenters. The van der Waals surface area contributed by atoms with Crippen molar-refractivity contribution in [3.63, 3.8) is 0 Å². The summed E-state index contributed by atoms with van der Waals surface area (Å²) in [5.41, 5.74) is 1.34. The van der Waals surface area contributed by atoms with Crippen LogP contribution < -0.4 is 4.90 Å². The normalized spacial score (nSPS) is 15.3. The number of carbonyl (C=O) groups is 2. The first kappa shape index (κ1) is 19.1. The Morgan fingerprint density at radius 3 is 2.41 bits per heavy atom. The Labute approximate surface area is 174 Å². The molecule has 1 aliphatic heterocycles. The predicted octanol–water partition coefficient (Wildman–Crippen LogP) is 5.19. The molecule has 0 spiro atoms. The van der Waals surface area contributed by atoms with Crippen molar-refractivity contribution in [1.82, 2.24) is 0 Å². The number of carboxylic acids is 1. The molecule has 0 aliphatic carbocycles. The molecule has 1 aliphatic rings. The van der Waals surface area contributed by atoms with Crippen molar-refractivity contribution < 1.29 is 23.5 Å². The SMILES string of the molecule is O=C(O)c1ccc(N2C(=O)/C(=C/c3ccc(-c4ccc(F)cc4)o3)SC2=S)cc1. The number of halogens is 1. The standard InChI is InChI=1S/C21H12FNO4S2/c22-14-5-1-12(2-6-14)17-10-9-16(27-17)11-18-19(24)23(21(28)29-18)15-7-3-13(4-8-15)20(25)26/h1-11H,(H,25,26)/b18-11-. The minimum Gasteiger partial charge on any atom is -0.478 e. The second-order valence-corrected chi connectivity index (χ2v) is 7.75. The van der Waals surface area contributed by atoms with E-state index in [2.05, 4.69) is 0 Å². The topological polar surface area (TPSA) is 70.8 Å². The molecular formula is C21H12FNO4S2. The highest BCUT2D eigenvalue weighted by atomic mass is 32.2. The summed E-state index contributed by atoms with van der Waals surface area (Å²) in [5.74, 6) is -0.679. The number of nitrogens with zero attached hydrogens (tertiary/aromatic N) is 1. The summed E-state index contributed by atoms with van der Waals surface area (Å²) in [6, 6.07) is 15.3. The summed E-state index contributed by atoms with van der Waals surface area (Å²) in [7, 11) is 0. The van der Waals surface area contributed by atoms with E-state index in [0.29, 0.717) is 26.4 Å². The van der Waals surface area contributed by atoms with Gasteiger partial charge in [-0.05, 0) is 60.7 Å². The van der Waals surface area contributed by atoms with E-state index in [1.807, 2.05) is 0 Å². The van der Waals surface area contributed by atoms with Crippen molar-refractivity contribution in [3.8, 4) is 11.3 Å². The van der Waals surface area contributed by atoms with Gasteiger partial charge in [-0.15, -0.1) is 0 Å². The van der Waals surface area contributed by atoms with Gasteiger partial charge in [0.25, 0.3) is 5.91 Å². The van der Waals surface area contributed by atoms with E-state index in [9.17, 15) is 14.0 Å². The third-order valence-corrected chi connectivity index (χ3v) is 5.50. The molecule has 5 nitrogen and oxygen atoms in total. The number of anilines is 1. The molecule has 0 bridgehead atoms. The summed E-state index contributed by atoms with van der Waals surface area (Å²) < 4.78 is 19.2. The average molecular weight is 425 g/mol. The second kappa shape index (κ2) is 7.65. The van der Waals surface area contributed by atoms with E-state index in [0.717, 1.165) is 17.3 Å². The molecule has 8 heteroatoms. The van der Waals surface area contributed by atoms with Gasteiger partial charge < -0.3 is 9.52 Å². The molecule has 1 fully saturated rings. The molecule has 1 aromatic heterocycles. The van der Waals surface area contributed by atoms with E-state index >= 15 is 0 Å². The van der Waals surface area contributed by atoms with E-state index in [1.54, 1.807) is 30.3 Å². The second-order valence-electron chi connectivity index (χ2n) is 6.08. The molecule has 3 aromatic rings. The number of thioether (sulfide) groups is 1. The van der Waals surface area contributed by atoms with Crippen molar-refractivity contribution in [1.29, 1.82) is 0 Å². The van der Waals surface area contributed by atoms with E-state index in [-0.39, 0.29) is 17.3 Å². The lowest BCUT2D eigenvalue weighted by Crippen LogP contribution is -2.27. The summed E-state index contributed by atoms with van der Waals surface area (Å²) in [6.07, 6.45) is 1.60. The highest BCUT2D eigenvalue weighted by Gasteiger charge is 2.33. The first-order valence-electron chi connectivity index (χ1n) is 8.39. The van der Waals surface area contributed by atoms with Crippen LogP contribution >= 0.6 is 24.0 Å². The fourth-order valence-electron chi connectivity index (χ4n) is 2.77. The van der Waals surface area contributed by atoms with Crippen LogP contribution in [0, 0.1) is 5.82 Å². The van der Waals surface area contributed by atoms with Crippen molar-refractivity contribution in [2.24, 2.45) is 0 Å². The fraction of sp³-hybridized carbons (Fsp3) is 0. The third-order valence-electron chi connectivity index (χ3n) is 4.20. The third kappa shape index (κ3) is 3.85. The van der Waals surface area contributed by atoms with Gasteiger partial charge >= 0.3 is 5.97 Å². The van der Waals surface area contributed by atoms with Crippen molar-refractivity contribution in [2.45, 2.75) is 0 Å². The molecule has 29 heavy (non-hydrogen) atoms. The van der Waals surface area contributed by atoms with Gasteiger partial charge in [-0.3, -0.25) is 9.69 Å². The molecule has 0 radical (unpaired) electrons. The summed E-state index contributed by atoms with van der Waals surface area (Å²) in [5, 5.41) is 9.00. The molecule has 0 saturated carbocycles. The van der Waals surface area contributed by atoms with Crippen LogP contribution in [-0.2, 0) is 4.79 Å². The Hall–Kier alpha value is -3.23. The van der Waals surface area contributed by atoms with Gasteiger partial charge in [0.05, 0.1) is 16.2 Å². The molecule has 1 amide bonds. The number of benzene rings is 2. The van der Waals surface area contributed by atoms with Crippen LogP contribution in [0.2, 0.25) is 0 Å². The van der Waals surface area contributed by atoms with Gasteiger partial charge in [0.2, 0.25) is 0 Å². The largest absolute Gasteiger partial charge is 0.478 e. The fourth-order valence-corrected chi connectivity index (χ4v) is 4.05. The van der Waals surface area contributed by atoms with Gasteiger partial charge in [0.1, 0.15) is 17.3 Å². The van der Waals surface area contributed by atoms with Crippen LogP contribution in [0.25, 0.3) is 17.4 Å². The number of carboxylic acid groups (broad SMARTS) is 1. The number of carbonyl (C=O) groups excluding carboxylic acids is 1. The molecule has 0 atom stereocenters. The zero-order chi connectivity index (χ0) is 20.5. The summed E-state index contributed by atoms with van der Waals surface area (Å²) in [6.45, 7) is 0. The lowest BCUT2D eigenvalue weighted by molar-refractivity contribution is -0.113. The minimum absolute atomic E-state index is 0.124. The van der Waals surface area contributed by atoms with Gasteiger partial charge in [-0.25, -0.2) is 9.18 Å². The Morgan fingerprint density at radius 2 is 1.76 bits per heavy atom. The van der Waals surface area contributed by atoms with Crippen LogP contribution in [0.4, 0.5) is 10.1 Å². The van der Waals surface area contributed by atoms with Crippen molar-refractivity contribution >= 4 is 51.9 Å². The van der Waals surface area contributed by atoms with Crippen LogP contribution in [0.1, 0.15) is 16.1 Å². The number of thiocarbonyl (C=S) groups is 1. The number of rotatable bonds is 4. The molecule has 2 heterocycles. The Morgan fingerprint density at radius 1 is 1.07 bits per heavy atom. The average Bonchev–Trinajstić information content (AvgIpc) is 3.27. The van der Waals surface area contributed by atoms with Gasteiger partial charge in [-0.2, -0.15) is 0 Å². The number of furan rings is 1. The number of amides is 1. The lowest BCUT2D eigenvalue weighted by Gasteiger charge is -2.14. The quantitative estimate of drug-likeness (QED) is 0.458. The Balaban J connectivity index is 1.58. The van der Waals surface area contributed by atoms with Gasteiger partial charge in [-0.1, -0.05) is 24.0 Å². The highest BCUT2D eigenvalue weighted by Crippen LogP contribution is 2.36. The van der Waals surface area contributed by atoms with Gasteiger partial charge in [0, 0.05) is 11.6 Å². The predicted molar refractivity (Wildman–Crippen MR) is 113 cm³/mol. The van der Waals surface area contributed by atoms with Crippen molar-refractivity contribution in [2.75, 3.05) is 4.90 Å². The molecular weight excluding hydrogens is 413 g/mol. The van der Waals surface area contributed by atoms with E-state index in [4.69, 9.17) is 21.7 Å². The van der Waals surface area contributed by atoms with Crippen LogP contribution in [0.15, 0.2) is 70.0 Å². The molecule has 144 valence electrons. The minimum atomic E-state index is -1.04. The van der Waals surface area contributed by atoms with Gasteiger partial charge in [0.15, 0.2) is 4.32 Å². The van der Waals surface area contributed by atoms with E-state index in [1.165, 1.54) is 41.3 Å². The van der Waals surface area contributed by atoms with E-state index < -0.39 is 5.97 Å².